The Balaban J connectivity index is 1.11. The second-order valence-electron chi connectivity index (χ2n) is 10.1. The van der Waals surface area contributed by atoms with Gasteiger partial charge in [0.05, 0.1) is 6.04 Å². The first-order chi connectivity index (χ1) is 18.7. The van der Waals surface area contributed by atoms with Crippen molar-refractivity contribution < 1.29 is 9.59 Å². The van der Waals surface area contributed by atoms with E-state index in [1.165, 1.54) is 0 Å². The molecule has 6 rings (SSSR count). The van der Waals surface area contributed by atoms with Crippen molar-refractivity contribution in [2.75, 3.05) is 32.7 Å². The van der Waals surface area contributed by atoms with Gasteiger partial charge in [-0.3, -0.25) is 14.5 Å². The first-order valence-electron chi connectivity index (χ1n) is 13.3. The molecule has 0 aromatic heterocycles. The molecule has 0 N–H and O–H groups in total. The first kappa shape index (κ1) is 24.1. The number of carbonyl (C=O) groups excluding carboxylic acids is 2. The zero-order chi connectivity index (χ0) is 25.9. The molecule has 1 unspecified atom stereocenters. The van der Waals surface area contributed by atoms with E-state index in [0.29, 0.717) is 25.7 Å². The highest BCUT2D eigenvalue weighted by Gasteiger charge is 2.40. The van der Waals surface area contributed by atoms with Gasteiger partial charge in [-0.05, 0) is 41.0 Å². The van der Waals surface area contributed by atoms with E-state index in [0.717, 1.165) is 40.9 Å². The van der Waals surface area contributed by atoms with E-state index in [-0.39, 0.29) is 17.9 Å². The van der Waals surface area contributed by atoms with Gasteiger partial charge in [0, 0.05) is 49.9 Å². The molecule has 1 atom stereocenters. The number of nitrogens with zero attached hydrogens (tertiary/aromatic N) is 3. The summed E-state index contributed by atoms with van der Waals surface area (Å²) in [4.78, 5) is 32.9. The van der Waals surface area contributed by atoms with Crippen LogP contribution in [0, 0.1) is 0 Å². The number of piperazine rings is 1. The molecule has 5 nitrogen and oxygen atoms in total. The van der Waals surface area contributed by atoms with Gasteiger partial charge in [0.1, 0.15) is 0 Å². The van der Waals surface area contributed by atoms with Crippen molar-refractivity contribution in [1.82, 2.24) is 14.7 Å². The van der Waals surface area contributed by atoms with Gasteiger partial charge in [0.2, 0.25) is 0 Å². The maximum absolute atomic E-state index is 13.4. The van der Waals surface area contributed by atoms with Crippen LogP contribution >= 0.6 is 0 Å². The number of likely N-dealkylation sites (tertiary alicyclic amines) is 1. The number of amides is 2. The summed E-state index contributed by atoms with van der Waals surface area (Å²) < 4.78 is 0. The predicted molar refractivity (Wildman–Crippen MR) is 150 cm³/mol. The second-order valence-corrected chi connectivity index (χ2v) is 10.1. The van der Waals surface area contributed by atoms with Gasteiger partial charge >= 0.3 is 0 Å². The number of rotatable bonds is 5. The summed E-state index contributed by atoms with van der Waals surface area (Å²) in [5, 5.41) is 0. The zero-order valence-electron chi connectivity index (χ0n) is 21.3. The van der Waals surface area contributed by atoms with Crippen molar-refractivity contribution in [2.45, 2.75) is 12.1 Å². The van der Waals surface area contributed by atoms with E-state index in [1.807, 2.05) is 101 Å². The Morgan fingerprint density at radius 2 is 1.11 bits per heavy atom. The number of hydrogen-bond acceptors (Lipinski definition) is 3. The standard InChI is InChI=1S/C33H31N3O2/c37-32(29-18-16-26(17-19-29)25-10-4-1-5-11-25)35-22-30(23-35)34-20-21-36(33(38)28-14-8-3-9-15-28)31(24-34)27-12-6-2-7-13-27/h1-19,30-31H,20-24H2. The molecule has 2 aliphatic heterocycles. The van der Waals surface area contributed by atoms with Gasteiger partial charge in [0.25, 0.3) is 11.8 Å². The fourth-order valence-electron chi connectivity index (χ4n) is 5.56. The van der Waals surface area contributed by atoms with Gasteiger partial charge in [0.15, 0.2) is 0 Å². The summed E-state index contributed by atoms with van der Waals surface area (Å²) in [7, 11) is 0. The molecule has 2 amide bonds. The minimum Gasteiger partial charge on any atom is -0.335 e. The molecule has 2 fully saturated rings. The largest absolute Gasteiger partial charge is 0.335 e. The Bertz CT molecular complexity index is 1380. The van der Waals surface area contributed by atoms with Gasteiger partial charge in [-0.1, -0.05) is 91.0 Å². The second kappa shape index (κ2) is 10.6. The fourth-order valence-corrected chi connectivity index (χ4v) is 5.56. The zero-order valence-corrected chi connectivity index (χ0v) is 21.3. The van der Waals surface area contributed by atoms with Crippen LogP contribution in [0.25, 0.3) is 11.1 Å². The van der Waals surface area contributed by atoms with Crippen molar-refractivity contribution in [3.8, 4) is 11.1 Å². The van der Waals surface area contributed by atoms with Crippen molar-refractivity contribution >= 4 is 11.8 Å². The average Bonchev–Trinajstić information content (AvgIpc) is 2.97. The smallest absolute Gasteiger partial charge is 0.254 e. The number of carbonyl (C=O) groups is 2. The molecule has 2 heterocycles. The maximum Gasteiger partial charge on any atom is 0.254 e. The molecule has 0 radical (unpaired) electrons. The lowest BCUT2D eigenvalue weighted by Crippen LogP contribution is -2.64. The number of hydrogen-bond donors (Lipinski definition) is 0. The van der Waals surface area contributed by atoms with Crippen molar-refractivity contribution in [3.63, 3.8) is 0 Å². The highest BCUT2D eigenvalue weighted by molar-refractivity contribution is 5.95. The molecule has 4 aromatic rings. The Labute approximate surface area is 223 Å². The molecule has 190 valence electrons. The van der Waals surface area contributed by atoms with Crippen LogP contribution in [0.15, 0.2) is 115 Å². The van der Waals surface area contributed by atoms with E-state index in [1.54, 1.807) is 0 Å². The SMILES string of the molecule is O=C(c1ccc(-c2ccccc2)cc1)N1CC(N2CCN(C(=O)c3ccccc3)C(c3ccccc3)C2)C1. The summed E-state index contributed by atoms with van der Waals surface area (Å²) in [5.74, 6) is 0.154. The predicted octanol–water partition coefficient (Wildman–Crippen LogP) is 5.38. The fraction of sp³-hybridized carbons (Fsp3) is 0.212. The van der Waals surface area contributed by atoms with Crippen LogP contribution in [-0.2, 0) is 0 Å². The van der Waals surface area contributed by atoms with Gasteiger partial charge < -0.3 is 9.80 Å². The number of benzene rings is 4. The molecule has 4 aromatic carbocycles. The van der Waals surface area contributed by atoms with E-state index in [9.17, 15) is 9.59 Å². The molecule has 2 saturated heterocycles. The Hall–Kier alpha value is -4.22. The third-order valence-electron chi connectivity index (χ3n) is 7.78. The molecular weight excluding hydrogens is 470 g/mol. The summed E-state index contributed by atoms with van der Waals surface area (Å²) in [6.45, 7) is 3.67. The summed E-state index contributed by atoms with van der Waals surface area (Å²) in [6, 6.07) is 38.2. The minimum absolute atomic E-state index is 0.0204. The lowest BCUT2D eigenvalue weighted by Gasteiger charge is -2.50. The molecule has 0 saturated carbocycles. The van der Waals surface area contributed by atoms with Crippen LogP contribution < -0.4 is 0 Å². The van der Waals surface area contributed by atoms with E-state index in [2.05, 4.69) is 29.2 Å². The Morgan fingerprint density at radius 1 is 0.553 bits per heavy atom. The highest BCUT2D eigenvalue weighted by Crippen LogP contribution is 2.30. The maximum atomic E-state index is 13.4. The van der Waals surface area contributed by atoms with Gasteiger partial charge in [-0.15, -0.1) is 0 Å². The normalized spacial score (nSPS) is 18.2. The molecule has 0 aliphatic carbocycles. The lowest BCUT2D eigenvalue weighted by molar-refractivity contribution is -0.00754. The Morgan fingerprint density at radius 3 is 1.76 bits per heavy atom. The van der Waals surface area contributed by atoms with Crippen molar-refractivity contribution in [1.29, 1.82) is 0 Å². The first-order valence-corrected chi connectivity index (χ1v) is 13.3. The van der Waals surface area contributed by atoms with E-state index in [4.69, 9.17) is 0 Å². The summed E-state index contributed by atoms with van der Waals surface area (Å²) in [6.07, 6.45) is 0. The quantitative estimate of drug-likeness (QED) is 0.369. The average molecular weight is 502 g/mol. The van der Waals surface area contributed by atoms with Crippen LogP contribution in [0.3, 0.4) is 0 Å². The van der Waals surface area contributed by atoms with Crippen molar-refractivity contribution in [2.24, 2.45) is 0 Å². The summed E-state index contributed by atoms with van der Waals surface area (Å²) >= 11 is 0. The van der Waals surface area contributed by atoms with Crippen LogP contribution in [0.5, 0.6) is 0 Å². The molecule has 2 aliphatic rings. The topological polar surface area (TPSA) is 43.9 Å². The van der Waals surface area contributed by atoms with Gasteiger partial charge in [-0.25, -0.2) is 0 Å². The van der Waals surface area contributed by atoms with E-state index < -0.39 is 0 Å². The molecular formula is C33H31N3O2. The Kier molecular flexibility index (Phi) is 6.76. The van der Waals surface area contributed by atoms with Crippen LogP contribution in [0.4, 0.5) is 0 Å². The molecule has 38 heavy (non-hydrogen) atoms. The van der Waals surface area contributed by atoms with Crippen LogP contribution in [0.2, 0.25) is 0 Å². The van der Waals surface area contributed by atoms with Crippen molar-refractivity contribution in [3.05, 3.63) is 132 Å². The highest BCUT2D eigenvalue weighted by atomic mass is 16.2. The minimum atomic E-state index is -0.0204. The third kappa shape index (κ3) is 4.85. The van der Waals surface area contributed by atoms with Gasteiger partial charge in [-0.2, -0.15) is 0 Å². The summed E-state index contributed by atoms with van der Waals surface area (Å²) in [5.41, 5.74) is 4.85. The lowest BCUT2D eigenvalue weighted by atomic mass is 9.97. The monoisotopic (exact) mass is 501 g/mol. The van der Waals surface area contributed by atoms with Crippen LogP contribution in [0.1, 0.15) is 32.3 Å². The van der Waals surface area contributed by atoms with E-state index >= 15 is 0 Å². The van der Waals surface area contributed by atoms with Crippen LogP contribution in [-0.4, -0.2) is 65.3 Å². The molecule has 5 heteroatoms. The molecule has 0 spiro atoms. The third-order valence-corrected chi connectivity index (χ3v) is 7.78. The molecule has 0 bridgehead atoms.